The van der Waals surface area contributed by atoms with Crippen molar-refractivity contribution in [1.29, 1.82) is 0 Å². The van der Waals surface area contributed by atoms with Crippen molar-refractivity contribution in [3.05, 3.63) is 175 Å². The van der Waals surface area contributed by atoms with Crippen LogP contribution in [0.15, 0.2) is 175 Å². The van der Waals surface area contributed by atoms with Gasteiger partial charge in [0, 0.05) is 39.9 Å². The van der Waals surface area contributed by atoms with Crippen LogP contribution in [0.25, 0.3) is 50.6 Å². The minimum absolute atomic E-state index is 0.363. The van der Waals surface area contributed by atoms with Crippen LogP contribution < -0.4 is 4.90 Å². The van der Waals surface area contributed by atoms with Crippen molar-refractivity contribution in [1.82, 2.24) is 15.0 Å². The maximum atomic E-state index is 4.86. The predicted molar refractivity (Wildman–Crippen MR) is 208 cm³/mol. The lowest BCUT2D eigenvalue weighted by Crippen LogP contribution is -2.18. The third kappa shape index (κ3) is 6.13. The van der Waals surface area contributed by atoms with Gasteiger partial charge in [0.25, 0.3) is 5.95 Å². The molecule has 50 heavy (non-hydrogen) atoms. The first-order valence-electron chi connectivity index (χ1n) is 17.0. The van der Waals surface area contributed by atoms with Crippen LogP contribution in [0.5, 0.6) is 0 Å². The molecule has 0 atom stereocenters. The molecule has 0 bridgehead atoms. The van der Waals surface area contributed by atoms with Gasteiger partial charge in [-0.25, -0.2) is 9.98 Å². The number of hydrogen-bond acceptors (Lipinski definition) is 5. The fraction of sp³-hybridized carbons (Fsp3) is 0.0667. The van der Waals surface area contributed by atoms with Gasteiger partial charge in [0.2, 0.25) is 0 Å². The fourth-order valence-electron chi connectivity index (χ4n) is 6.64. The Morgan fingerprint density at radius 3 is 2.02 bits per heavy atom. The minimum atomic E-state index is 0.363. The number of nitrogens with zero attached hydrogens (tertiary/aromatic N) is 5. The quantitative estimate of drug-likeness (QED) is 0.128. The minimum Gasteiger partial charge on any atom is -0.313 e. The lowest BCUT2D eigenvalue weighted by atomic mass is 9.90. The Morgan fingerprint density at radius 2 is 1.26 bits per heavy atom. The molecule has 0 fully saturated rings. The normalized spacial score (nSPS) is 13.9. The van der Waals surface area contributed by atoms with Crippen LogP contribution in [-0.2, 0) is 0 Å². The average Bonchev–Trinajstić information content (AvgIpc) is 3.31. The molecule has 6 aromatic rings. The molecule has 0 spiro atoms. The molecule has 1 aliphatic carbocycles. The highest BCUT2D eigenvalue weighted by molar-refractivity contribution is 5.99. The molecule has 8 rings (SSSR count). The van der Waals surface area contributed by atoms with Crippen molar-refractivity contribution in [2.75, 3.05) is 4.90 Å². The fourth-order valence-corrected chi connectivity index (χ4v) is 6.64. The molecule has 1 aliphatic heterocycles. The van der Waals surface area contributed by atoms with E-state index in [4.69, 9.17) is 9.97 Å². The summed E-state index contributed by atoms with van der Waals surface area (Å²) in [5.41, 5.74) is 12.8. The zero-order valence-electron chi connectivity index (χ0n) is 27.8. The van der Waals surface area contributed by atoms with Crippen LogP contribution in [0.4, 0.5) is 17.3 Å². The molecule has 2 heterocycles. The molecule has 0 saturated heterocycles. The van der Waals surface area contributed by atoms with Gasteiger partial charge in [-0.05, 0) is 72.4 Å². The van der Waals surface area contributed by atoms with E-state index in [2.05, 4.69) is 124 Å². The van der Waals surface area contributed by atoms with Crippen LogP contribution >= 0.6 is 0 Å². The summed E-state index contributed by atoms with van der Waals surface area (Å²) in [5, 5.41) is 0. The van der Waals surface area contributed by atoms with E-state index in [0.29, 0.717) is 17.6 Å². The van der Waals surface area contributed by atoms with Gasteiger partial charge >= 0.3 is 0 Å². The lowest BCUT2D eigenvalue weighted by molar-refractivity contribution is 0.926. The summed E-state index contributed by atoms with van der Waals surface area (Å²) in [4.78, 5) is 21.2. The number of para-hydroxylation sites is 1. The molecule has 0 radical (unpaired) electrons. The van der Waals surface area contributed by atoms with Crippen LogP contribution in [0, 0.1) is 0 Å². The molecule has 2 aliphatic rings. The SMILES string of the molecule is C\C=C/C=C\C=N\c1nc(-c2ccccc2)nc(-c2ccc(-c3ccc4c(c3)-c3ccccc3C3=C(CCC=C3)N4c3ccccc3)cc2)n1. The van der Waals surface area contributed by atoms with Gasteiger partial charge in [-0.2, -0.15) is 9.97 Å². The van der Waals surface area contributed by atoms with Crippen molar-refractivity contribution in [2.45, 2.75) is 19.8 Å². The Kier molecular flexibility index (Phi) is 8.61. The van der Waals surface area contributed by atoms with E-state index in [1.54, 1.807) is 6.21 Å². The number of benzene rings is 5. The molecule has 240 valence electrons. The molecule has 1 aromatic heterocycles. The molecular weight excluding hydrogens is 611 g/mol. The number of hydrogen-bond donors (Lipinski definition) is 0. The molecular formula is C45H35N5. The van der Waals surface area contributed by atoms with E-state index in [-0.39, 0.29) is 0 Å². The summed E-state index contributed by atoms with van der Waals surface area (Å²) in [5.74, 6) is 1.53. The van der Waals surface area contributed by atoms with Gasteiger partial charge in [0.15, 0.2) is 11.6 Å². The summed E-state index contributed by atoms with van der Waals surface area (Å²) in [6, 6.07) is 44.8. The smallest absolute Gasteiger partial charge is 0.253 e. The van der Waals surface area contributed by atoms with Crippen molar-refractivity contribution in [2.24, 2.45) is 4.99 Å². The highest BCUT2D eigenvalue weighted by Crippen LogP contribution is 2.49. The molecule has 0 amide bonds. The van der Waals surface area contributed by atoms with E-state index in [1.807, 2.05) is 61.6 Å². The van der Waals surface area contributed by atoms with E-state index in [1.165, 1.54) is 39.3 Å². The third-order valence-corrected chi connectivity index (χ3v) is 9.00. The highest BCUT2D eigenvalue weighted by atomic mass is 15.2. The van der Waals surface area contributed by atoms with Gasteiger partial charge < -0.3 is 4.90 Å². The Hall–Kier alpha value is -6.46. The highest BCUT2D eigenvalue weighted by Gasteiger charge is 2.28. The molecule has 5 heteroatoms. The second kappa shape index (κ2) is 14.0. The Morgan fingerprint density at radius 1 is 0.600 bits per heavy atom. The second-order valence-corrected chi connectivity index (χ2v) is 12.2. The van der Waals surface area contributed by atoms with E-state index in [9.17, 15) is 0 Å². The zero-order chi connectivity index (χ0) is 33.7. The Balaban J connectivity index is 1.19. The molecule has 0 N–H and O–H groups in total. The van der Waals surface area contributed by atoms with E-state index < -0.39 is 0 Å². The average molecular weight is 646 g/mol. The standard InChI is InChI=1S/C45H35N5/c1-2-3-4-15-30-46-45-48-43(33-16-7-5-8-17-33)47-44(49-45)34-26-24-32(25-27-34)35-28-29-42-40(31-35)38-21-12-11-20-37(38)39-22-13-14-23-41(39)50(42)36-18-9-6-10-19-36/h2-13,15-22,24-31H,14,23H2,1H3/b3-2-,15-4-,46-30+. The number of anilines is 2. The molecule has 0 saturated carbocycles. The van der Waals surface area contributed by atoms with E-state index >= 15 is 0 Å². The number of fused-ring (bicyclic) bond motifs is 4. The summed E-state index contributed by atoms with van der Waals surface area (Å²) in [6.07, 6.45) is 16.0. The van der Waals surface area contributed by atoms with Gasteiger partial charge in [-0.15, -0.1) is 0 Å². The summed E-state index contributed by atoms with van der Waals surface area (Å²) in [7, 11) is 0. The van der Waals surface area contributed by atoms with Gasteiger partial charge in [0.1, 0.15) is 0 Å². The largest absolute Gasteiger partial charge is 0.313 e. The Labute approximate surface area is 293 Å². The first-order chi connectivity index (χ1) is 24.8. The number of aliphatic imine (C=N–C) groups is 1. The maximum absolute atomic E-state index is 4.86. The van der Waals surface area contributed by atoms with Crippen molar-refractivity contribution in [3.63, 3.8) is 0 Å². The van der Waals surface area contributed by atoms with Gasteiger partial charge in [0.05, 0.1) is 5.69 Å². The van der Waals surface area contributed by atoms with Crippen LogP contribution in [-0.4, -0.2) is 21.2 Å². The first-order valence-corrected chi connectivity index (χ1v) is 17.0. The predicted octanol–water partition coefficient (Wildman–Crippen LogP) is 11.6. The summed E-state index contributed by atoms with van der Waals surface area (Å²) < 4.78 is 0. The Bertz CT molecular complexity index is 2310. The molecule has 5 nitrogen and oxygen atoms in total. The third-order valence-electron chi connectivity index (χ3n) is 9.00. The van der Waals surface area contributed by atoms with Gasteiger partial charge in [-0.1, -0.05) is 134 Å². The van der Waals surface area contributed by atoms with Crippen LogP contribution in [0.2, 0.25) is 0 Å². The zero-order valence-corrected chi connectivity index (χ0v) is 27.8. The molecule has 0 unspecified atom stereocenters. The van der Waals surface area contributed by atoms with Crippen molar-refractivity contribution in [3.8, 4) is 45.0 Å². The lowest BCUT2D eigenvalue weighted by Gasteiger charge is -2.30. The van der Waals surface area contributed by atoms with Gasteiger partial charge in [-0.3, -0.25) is 0 Å². The topological polar surface area (TPSA) is 54.3 Å². The van der Waals surface area contributed by atoms with Crippen molar-refractivity contribution >= 4 is 29.1 Å². The maximum Gasteiger partial charge on any atom is 0.253 e. The monoisotopic (exact) mass is 645 g/mol. The van der Waals surface area contributed by atoms with E-state index in [0.717, 1.165) is 35.1 Å². The van der Waals surface area contributed by atoms with Crippen LogP contribution in [0.1, 0.15) is 25.3 Å². The van der Waals surface area contributed by atoms with Crippen LogP contribution in [0.3, 0.4) is 0 Å². The molecule has 5 aromatic carbocycles. The summed E-state index contributed by atoms with van der Waals surface area (Å²) in [6.45, 7) is 1.98. The first kappa shape index (κ1) is 30.8. The van der Waals surface area contributed by atoms with Crippen molar-refractivity contribution < 1.29 is 0 Å². The second-order valence-electron chi connectivity index (χ2n) is 12.2. The summed E-state index contributed by atoms with van der Waals surface area (Å²) >= 11 is 0. The number of rotatable bonds is 7. The number of allylic oxidation sites excluding steroid dienone is 8. The number of aromatic nitrogens is 3.